The molecule has 1 heterocycles. The molecule has 0 amide bonds. The molecule has 2 rings (SSSR count). The van der Waals surface area contributed by atoms with E-state index in [0.717, 1.165) is 16.8 Å². The van der Waals surface area contributed by atoms with E-state index in [1.54, 1.807) is 7.11 Å². The zero-order chi connectivity index (χ0) is 12.5. The van der Waals surface area contributed by atoms with Gasteiger partial charge in [0.15, 0.2) is 0 Å². The van der Waals surface area contributed by atoms with Crippen LogP contribution in [0.25, 0.3) is 11.3 Å². The van der Waals surface area contributed by atoms with Crippen LogP contribution in [0.2, 0.25) is 0 Å². The Morgan fingerprint density at radius 2 is 2.00 bits per heavy atom. The molecule has 4 nitrogen and oxygen atoms in total. The topological polar surface area (TPSA) is 63.9 Å². The molecule has 90 valence electrons. The Morgan fingerprint density at radius 1 is 1.29 bits per heavy atom. The SMILES string of the molecule is COC(C)(C)c1ccccc1-c1cc(N)n[nH]1. The van der Waals surface area contributed by atoms with Gasteiger partial charge in [-0.05, 0) is 19.4 Å². The number of rotatable bonds is 3. The molecule has 0 fully saturated rings. The van der Waals surface area contributed by atoms with Crippen molar-refractivity contribution in [2.24, 2.45) is 0 Å². The Balaban J connectivity index is 2.55. The average Bonchev–Trinajstić information content (AvgIpc) is 2.76. The summed E-state index contributed by atoms with van der Waals surface area (Å²) in [6.45, 7) is 4.07. The number of nitrogen functional groups attached to an aromatic ring is 1. The molecular formula is C13H17N3O. The number of nitrogens with zero attached hydrogens (tertiary/aromatic N) is 1. The lowest BCUT2D eigenvalue weighted by atomic mass is 9.91. The molecule has 0 aliphatic carbocycles. The van der Waals surface area contributed by atoms with Crippen LogP contribution < -0.4 is 5.73 Å². The first-order chi connectivity index (χ1) is 8.04. The van der Waals surface area contributed by atoms with E-state index >= 15 is 0 Å². The van der Waals surface area contributed by atoms with Crippen molar-refractivity contribution in [3.05, 3.63) is 35.9 Å². The molecule has 0 saturated heterocycles. The van der Waals surface area contributed by atoms with Crippen LogP contribution in [0.15, 0.2) is 30.3 Å². The van der Waals surface area contributed by atoms with Crippen molar-refractivity contribution in [2.45, 2.75) is 19.4 Å². The number of aromatic amines is 1. The predicted molar refractivity (Wildman–Crippen MR) is 68.5 cm³/mol. The van der Waals surface area contributed by atoms with Gasteiger partial charge in [-0.1, -0.05) is 24.3 Å². The van der Waals surface area contributed by atoms with E-state index in [1.807, 2.05) is 38.1 Å². The van der Waals surface area contributed by atoms with Crippen LogP contribution in [0.1, 0.15) is 19.4 Å². The predicted octanol–water partition coefficient (Wildman–Crippen LogP) is 2.54. The second-order valence-corrected chi connectivity index (χ2v) is 4.47. The van der Waals surface area contributed by atoms with Crippen LogP contribution in [-0.4, -0.2) is 17.3 Å². The van der Waals surface area contributed by atoms with E-state index < -0.39 is 0 Å². The van der Waals surface area contributed by atoms with E-state index in [9.17, 15) is 0 Å². The Bertz CT molecular complexity index is 517. The van der Waals surface area contributed by atoms with Gasteiger partial charge in [0.05, 0.1) is 11.3 Å². The molecule has 17 heavy (non-hydrogen) atoms. The summed E-state index contributed by atoms with van der Waals surface area (Å²) in [6.07, 6.45) is 0. The lowest BCUT2D eigenvalue weighted by Gasteiger charge is -2.25. The lowest BCUT2D eigenvalue weighted by molar-refractivity contribution is 0.0197. The zero-order valence-corrected chi connectivity index (χ0v) is 10.3. The van der Waals surface area contributed by atoms with Crippen LogP contribution in [0.5, 0.6) is 0 Å². The summed E-state index contributed by atoms with van der Waals surface area (Å²) < 4.78 is 5.53. The first-order valence-electron chi connectivity index (χ1n) is 5.50. The van der Waals surface area contributed by atoms with E-state index in [4.69, 9.17) is 10.5 Å². The van der Waals surface area contributed by atoms with Crippen molar-refractivity contribution in [1.82, 2.24) is 10.2 Å². The Morgan fingerprint density at radius 3 is 2.59 bits per heavy atom. The van der Waals surface area contributed by atoms with Crippen molar-refractivity contribution in [3.8, 4) is 11.3 Å². The van der Waals surface area contributed by atoms with Crippen LogP contribution in [-0.2, 0) is 10.3 Å². The first kappa shape index (κ1) is 11.7. The van der Waals surface area contributed by atoms with E-state index in [0.29, 0.717) is 5.82 Å². The fourth-order valence-electron chi connectivity index (χ4n) is 1.83. The van der Waals surface area contributed by atoms with Gasteiger partial charge in [0, 0.05) is 18.7 Å². The monoisotopic (exact) mass is 231 g/mol. The number of hydrogen-bond acceptors (Lipinski definition) is 3. The minimum atomic E-state index is -0.351. The van der Waals surface area contributed by atoms with Gasteiger partial charge in [-0.25, -0.2) is 0 Å². The summed E-state index contributed by atoms with van der Waals surface area (Å²) in [4.78, 5) is 0. The Labute approximate surface area is 101 Å². The Hall–Kier alpha value is -1.81. The third kappa shape index (κ3) is 2.17. The second kappa shape index (κ2) is 4.22. The van der Waals surface area contributed by atoms with Crippen LogP contribution in [0, 0.1) is 0 Å². The molecule has 0 radical (unpaired) electrons. The van der Waals surface area contributed by atoms with Crippen molar-refractivity contribution < 1.29 is 4.74 Å². The summed E-state index contributed by atoms with van der Waals surface area (Å²) in [7, 11) is 1.71. The minimum absolute atomic E-state index is 0.351. The largest absolute Gasteiger partial charge is 0.382 e. The fraction of sp³-hybridized carbons (Fsp3) is 0.308. The molecule has 0 unspecified atom stereocenters. The molecule has 1 aromatic heterocycles. The number of methoxy groups -OCH3 is 1. The molecule has 0 aliphatic rings. The summed E-state index contributed by atoms with van der Waals surface area (Å²) in [6, 6.07) is 9.89. The molecule has 1 aromatic carbocycles. The fourth-order valence-corrected chi connectivity index (χ4v) is 1.83. The van der Waals surface area contributed by atoms with Crippen LogP contribution >= 0.6 is 0 Å². The van der Waals surface area contributed by atoms with Crippen LogP contribution in [0.3, 0.4) is 0 Å². The minimum Gasteiger partial charge on any atom is -0.382 e. The quantitative estimate of drug-likeness (QED) is 0.853. The molecular weight excluding hydrogens is 214 g/mol. The normalized spacial score (nSPS) is 11.7. The van der Waals surface area contributed by atoms with Crippen molar-refractivity contribution >= 4 is 5.82 Å². The lowest BCUT2D eigenvalue weighted by Crippen LogP contribution is -2.20. The van der Waals surface area contributed by atoms with Gasteiger partial charge in [-0.3, -0.25) is 5.10 Å². The maximum Gasteiger partial charge on any atom is 0.145 e. The molecule has 0 saturated carbocycles. The van der Waals surface area contributed by atoms with Gasteiger partial charge in [0.25, 0.3) is 0 Å². The van der Waals surface area contributed by atoms with Gasteiger partial charge < -0.3 is 10.5 Å². The molecule has 2 aromatic rings. The van der Waals surface area contributed by atoms with E-state index in [1.165, 1.54) is 0 Å². The number of H-pyrrole nitrogens is 1. The maximum absolute atomic E-state index is 5.63. The number of anilines is 1. The van der Waals surface area contributed by atoms with Gasteiger partial charge in [0.2, 0.25) is 0 Å². The Kier molecular flexibility index (Phi) is 2.90. The smallest absolute Gasteiger partial charge is 0.145 e. The number of hydrogen-bond donors (Lipinski definition) is 2. The molecule has 0 atom stereocenters. The third-order valence-electron chi connectivity index (χ3n) is 2.97. The number of nitrogens with one attached hydrogen (secondary N) is 1. The average molecular weight is 231 g/mol. The van der Waals surface area contributed by atoms with Crippen molar-refractivity contribution in [3.63, 3.8) is 0 Å². The highest BCUT2D eigenvalue weighted by atomic mass is 16.5. The van der Waals surface area contributed by atoms with Gasteiger partial charge in [-0.2, -0.15) is 5.10 Å². The maximum atomic E-state index is 5.63. The van der Waals surface area contributed by atoms with E-state index in [-0.39, 0.29) is 5.60 Å². The number of nitrogens with two attached hydrogens (primary N) is 1. The highest BCUT2D eigenvalue weighted by Gasteiger charge is 2.23. The van der Waals surface area contributed by atoms with Crippen molar-refractivity contribution in [2.75, 3.05) is 12.8 Å². The first-order valence-corrected chi connectivity index (χ1v) is 5.50. The second-order valence-electron chi connectivity index (χ2n) is 4.47. The highest BCUT2D eigenvalue weighted by Crippen LogP contribution is 2.32. The van der Waals surface area contributed by atoms with Crippen LogP contribution in [0.4, 0.5) is 5.82 Å². The standard InChI is InChI=1S/C13H17N3O/c1-13(2,17-3)10-7-5-4-6-9(10)11-8-12(14)16-15-11/h4-8H,1-3H3,(H3,14,15,16). The van der Waals surface area contributed by atoms with Crippen molar-refractivity contribution in [1.29, 1.82) is 0 Å². The molecule has 3 N–H and O–H groups in total. The molecule has 4 heteroatoms. The summed E-state index contributed by atoms with van der Waals surface area (Å²) >= 11 is 0. The highest BCUT2D eigenvalue weighted by molar-refractivity contribution is 5.67. The third-order valence-corrected chi connectivity index (χ3v) is 2.97. The van der Waals surface area contributed by atoms with Gasteiger partial charge in [-0.15, -0.1) is 0 Å². The van der Waals surface area contributed by atoms with Gasteiger partial charge >= 0.3 is 0 Å². The molecule has 0 bridgehead atoms. The van der Waals surface area contributed by atoms with Gasteiger partial charge in [0.1, 0.15) is 5.82 Å². The number of ether oxygens (including phenoxy) is 1. The molecule has 0 spiro atoms. The van der Waals surface area contributed by atoms with E-state index in [2.05, 4.69) is 16.3 Å². The number of aromatic nitrogens is 2. The number of benzene rings is 1. The summed E-state index contributed by atoms with van der Waals surface area (Å²) in [5, 5.41) is 6.88. The molecule has 0 aliphatic heterocycles. The zero-order valence-electron chi connectivity index (χ0n) is 10.3. The summed E-state index contributed by atoms with van der Waals surface area (Å²) in [5.74, 6) is 0.491. The summed E-state index contributed by atoms with van der Waals surface area (Å²) in [5.41, 5.74) is 8.35.